The number of benzene rings is 9. The summed E-state index contributed by atoms with van der Waals surface area (Å²) in [6.07, 6.45) is 0. The second-order valence-electron chi connectivity index (χ2n) is 16.2. The molecule has 280 valence electrons. The number of hydrogen-bond donors (Lipinski definition) is 1. The van der Waals surface area contributed by atoms with Crippen LogP contribution >= 0.6 is 0 Å². The summed E-state index contributed by atoms with van der Waals surface area (Å²) in [6, 6.07) is 68.5. The minimum Gasteiger partial charge on any atom is -0.456 e. The number of para-hydroxylation sites is 3. The average Bonchev–Trinajstić information content (AvgIpc) is 3.98. The lowest BCUT2D eigenvalue weighted by Gasteiger charge is -2.25. The Labute approximate surface area is 346 Å². The summed E-state index contributed by atoms with van der Waals surface area (Å²) in [4.78, 5) is 0. The molecule has 0 saturated carbocycles. The van der Waals surface area contributed by atoms with Crippen LogP contribution in [0.1, 0.15) is 5.56 Å². The van der Waals surface area contributed by atoms with Crippen molar-refractivity contribution in [3.8, 4) is 33.8 Å². The molecule has 0 aliphatic carbocycles. The molecule has 0 amide bonds. The highest BCUT2D eigenvalue weighted by atomic mass is 16.3. The Kier molecular flexibility index (Phi) is 6.99. The molecule has 0 atom stereocenters. The van der Waals surface area contributed by atoms with Crippen molar-refractivity contribution < 1.29 is 4.42 Å². The predicted molar refractivity (Wildman–Crippen MR) is 254 cm³/mol. The lowest BCUT2D eigenvalue weighted by molar-refractivity contribution is 0.632. The summed E-state index contributed by atoms with van der Waals surface area (Å²) in [6.45, 7) is 2.13. The molecule has 3 aromatic heterocycles. The first-order chi connectivity index (χ1) is 29.7. The molecule has 1 aliphatic rings. The van der Waals surface area contributed by atoms with Gasteiger partial charge < -0.3 is 18.9 Å². The fourth-order valence-corrected chi connectivity index (χ4v) is 10.1. The Morgan fingerprint density at radius 3 is 2.00 bits per heavy atom. The van der Waals surface area contributed by atoms with Crippen LogP contribution in [-0.4, -0.2) is 16.4 Å². The third-order valence-corrected chi connectivity index (χ3v) is 12.8. The van der Waals surface area contributed by atoms with Crippen LogP contribution in [0, 0.1) is 6.92 Å². The van der Waals surface area contributed by atoms with Gasteiger partial charge in [-0.3, -0.25) is 0 Å². The van der Waals surface area contributed by atoms with Gasteiger partial charge in [-0.15, -0.1) is 0 Å². The van der Waals surface area contributed by atoms with Crippen LogP contribution < -0.4 is 16.2 Å². The summed E-state index contributed by atoms with van der Waals surface area (Å²) in [5.74, 6) is 0.879. The number of aryl methyl sites for hydroxylation is 1. The Morgan fingerprint density at radius 2 is 1.20 bits per heavy atom. The van der Waals surface area contributed by atoms with Gasteiger partial charge in [-0.05, 0) is 89.4 Å². The maximum absolute atomic E-state index is 6.64. The van der Waals surface area contributed by atoms with E-state index in [2.05, 4.69) is 203 Å². The largest absolute Gasteiger partial charge is 0.456 e. The lowest BCUT2D eigenvalue weighted by Crippen LogP contribution is -2.37. The van der Waals surface area contributed by atoms with E-state index in [-0.39, 0.29) is 0 Å². The van der Waals surface area contributed by atoms with Crippen LogP contribution in [0.15, 0.2) is 192 Å². The number of fused-ring (bicyclic) bond motifs is 11. The van der Waals surface area contributed by atoms with Gasteiger partial charge in [0.05, 0.1) is 27.8 Å². The maximum atomic E-state index is 6.64. The van der Waals surface area contributed by atoms with E-state index in [0.717, 1.165) is 46.5 Å². The van der Waals surface area contributed by atoms with Crippen LogP contribution in [0.3, 0.4) is 0 Å². The van der Waals surface area contributed by atoms with Crippen LogP contribution in [0.4, 0.5) is 11.4 Å². The monoisotopic (exact) mass is 765 g/mol. The molecule has 60 heavy (non-hydrogen) atoms. The number of furan rings is 1. The first-order valence-corrected chi connectivity index (χ1v) is 20.7. The van der Waals surface area contributed by atoms with E-state index in [4.69, 9.17) is 4.42 Å². The Balaban J connectivity index is 1.20. The Morgan fingerprint density at radius 1 is 0.500 bits per heavy atom. The van der Waals surface area contributed by atoms with Gasteiger partial charge in [-0.1, -0.05) is 138 Å². The van der Waals surface area contributed by atoms with Gasteiger partial charge in [0.25, 0.3) is 0 Å². The average molecular weight is 766 g/mol. The van der Waals surface area contributed by atoms with Crippen molar-refractivity contribution in [3.05, 3.63) is 194 Å². The van der Waals surface area contributed by atoms with E-state index in [1.54, 1.807) is 0 Å². The van der Waals surface area contributed by atoms with E-state index in [9.17, 15) is 0 Å². The van der Waals surface area contributed by atoms with Gasteiger partial charge in [0.15, 0.2) is 7.28 Å². The molecule has 1 N–H and O–H groups in total. The lowest BCUT2D eigenvalue weighted by atomic mass is 9.59. The third-order valence-electron chi connectivity index (χ3n) is 12.8. The smallest absolute Gasteiger partial charge is 0.198 e. The third kappa shape index (κ3) is 4.80. The van der Waals surface area contributed by atoms with Crippen molar-refractivity contribution in [2.75, 3.05) is 5.32 Å². The minimum absolute atomic E-state index is 0.749. The Hall–Kier alpha value is -7.76. The summed E-state index contributed by atoms with van der Waals surface area (Å²) < 4.78 is 11.7. The van der Waals surface area contributed by atoms with Gasteiger partial charge in [-0.25, -0.2) is 0 Å². The van der Waals surface area contributed by atoms with Crippen molar-refractivity contribution in [1.29, 1.82) is 0 Å². The van der Waals surface area contributed by atoms with Gasteiger partial charge >= 0.3 is 0 Å². The summed E-state index contributed by atoms with van der Waals surface area (Å²) >= 11 is 0. The molecule has 0 bridgehead atoms. The first-order valence-electron chi connectivity index (χ1n) is 20.7. The number of hydrogen-bond acceptors (Lipinski definition) is 2. The van der Waals surface area contributed by atoms with Gasteiger partial charge in [0, 0.05) is 55.1 Å². The van der Waals surface area contributed by atoms with Crippen molar-refractivity contribution >= 4 is 94.9 Å². The Bertz CT molecular complexity index is 3670. The van der Waals surface area contributed by atoms with E-state index in [1.807, 2.05) is 6.07 Å². The molecule has 9 aromatic carbocycles. The zero-order valence-electron chi connectivity index (χ0n) is 32.9. The van der Waals surface area contributed by atoms with Crippen LogP contribution in [0.2, 0.25) is 0 Å². The maximum Gasteiger partial charge on any atom is 0.198 e. The number of rotatable bonds is 5. The van der Waals surface area contributed by atoms with Crippen molar-refractivity contribution in [2.24, 2.45) is 0 Å². The molecule has 0 radical (unpaired) electrons. The van der Waals surface area contributed by atoms with Gasteiger partial charge in [0.1, 0.15) is 11.3 Å². The quantitative estimate of drug-likeness (QED) is 0.177. The molecule has 4 heterocycles. The minimum atomic E-state index is 0.749. The topological polar surface area (TPSA) is 35.0 Å². The molecular weight excluding hydrogens is 729 g/mol. The zero-order chi connectivity index (χ0) is 39.5. The molecule has 1 aliphatic heterocycles. The van der Waals surface area contributed by atoms with E-state index >= 15 is 0 Å². The number of anilines is 2. The van der Waals surface area contributed by atoms with E-state index < -0.39 is 0 Å². The normalized spacial score (nSPS) is 12.2. The second-order valence-corrected chi connectivity index (χ2v) is 16.2. The van der Waals surface area contributed by atoms with Crippen LogP contribution in [0.5, 0.6) is 0 Å². The molecule has 12 aromatic rings. The van der Waals surface area contributed by atoms with E-state index in [0.29, 0.717) is 0 Å². The molecule has 0 fully saturated rings. The first kappa shape index (κ1) is 33.2. The summed E-state index contributed by atoms with van der Waals surface area (Å²) in [5, 5.41) is 12.4. The molecule has 0 spiro atoms. The fourth-order valence-electron chi connectivity index (χ4n) is 10.1. The zero-order valence-corrected chi connectivity index (χ0v) is 32.9. The van der Waals surface area contributed by atoms with Crippen molar-refractivity contribution in [2.45, 2.75) is 6.92 Å². The standard InChI is InChI=1S/C55H36BN3O/c1-33-23-26-37(27-24-33)57-44-20-10-7-17-39(44)42-31-49(58-45-21-11-8-18-40(45)41-19-9-12-22-46(41)58)53-52-38-16-6-5-13-34(38)25-28-47(52)59-48-29-36-30-50(35-14-3-2-4-15-35)60-51(36)32-43(48)56-54(42)55(53)59/h2-32,56-57H,1H3. The molecule has 4 nitrogen and oxygen atoms in total. The predicted octanol–water partition coefficient (Wildman–Crippen LogP) is 12.9. The highest BCUT2D eigenvalue weighted by Crippen LogP contribution is 2.45. The molecular formula is C55H36BN3O. The van der Waals surface area contributed by atoms with Crippen LogP contribution in [-0.2, 0) is 0 Å². The summed E-state index contributed by atoms with van der Waals surface area (Å²) in [7, 11) is 0.749. The number of aromatic nitrogens is 2. The van der Waals surface area contributed by atoms with Gasteiger partial charge in [-0.2, -0.15) is 0 Å². The molecule has 0 unspecified atom stereocenters. The fraction of sp³-hybridized carbons (Fsp3) is 0.0182. The highest BCUT2D eigenvalue weighted by Gasteiger charge is 2.31. The summed E-state index contributed by atoms with van der Waals surface area (Å²) in [5.41, 5.74) is 17.4. The number of nitrogens with zero attached hydrogens (tertiary/aromatic N) is 2. The van der Waals surface area contributed by atoms with Crippen molar-refractivity contribution in [1.82, 2.24) is 9.13 Å². The second kappa shape index (κ2) is 12.6. The van der Waals surface area contributed by atoms with Crippen LogP contribution in [0.25, 0.3) is 99.2 Å². The molecule has 13 rings (SSSR count). The SMILES string of the molecule is Cc1ccc(Nc2ccccc2-c2cc(-n3c4ccccc4c4ccccc43)c3c4c5ccccc5ccc4n4c3c2Bc2cc3oc(-c5ccccc5)cc3cc2-4)cc1. The number of nitrogens with one attached hydrogen (secondary N) is 1. The highest BCUT2D eigenvalue weighted by molar-refractivity contribution is 6.74. The van der Waals surface area contributed by atoms with Crippen molar-refractivity contribution in [3.63, 3.8) is 0 Å². The van der Waals surface area contributed by atoms with Gasteiger partial charge in [0.2, 0.25) is 0 Å². The molecule has 5 heteroatoms. The molecule has 0 saturated heterocycles. The van der Waals surface area contributed by atoms with E-state index in [1.165, 1.54) is 87.8 Å².